The first-order valence-electron chi connectivity index (χ1n) is 3.98. The lowest BCUT2D eigenvalue weighted by Gasteiger charge is -2.28. The number of rotatable bonds is 1. The van der Waals surface area contributed by atoms with E-state index in [1.807, 2.05) is 30.5 Å². The Balaban J connectivity index is 2.82. The number of hydrogen-bond acceptors (Lipinski definition) is 1. The van der Waals surface area contributed by atoms with E-state index in [-0.39, 0.29) is 0 Å². The molecule has 0 aliphatic carbocycles. The summed E-state index contributed by atoms with van der Waals surface area (Å²) in [5.41, 5.74) is 0. The summed E-state index contributed by atoms with van der Waals surface area (Å²) in [6.45, 7) is 2.13. The molecule has 0 radical (unpaired) electrons. The zero-order chi connectivity index (χ0) is 8.65. The van der Waals surface area contributed by atoms with Gasteiger partial charge in [-0.3, -0.25) is 4.57 Å². The first-order chi connectivity index (χ1) is 4.98. The number of nitrogens with zero attached hydrogens (tertiary/aromatic N) is 2. The lowest BCUT2D eigenvalue weighted by atomic mass is 10.3. The van der Waals surface area contributed by atoms with Crippen molar-refractivity contribution in [2.45, 2.75) is 19.4 Å². The quantitative estimate of drug-likeness (QED) is 0.565. The van der Waals surface area contributed by atoms with Crippen molar-refractivity contribution >= 4 is 7.44 Å². The van der Waals surface area contributed by atoms with Crippen molar-refractivity contribution in [1.29, 1.82) is 0 Å². The van der Waals surface area contributed by atoms with Crippen molar-refractivity contribution in [2.24, 2.45) is 0 Å². The van der Waals surface area contributed by atoms with Crippen molar-refractivity contribution in [2.75, 3.05) is 27.3 Å². The van der Waals surface area contributed by atoms with E-state index >= 15 is 0 Å². The van der Waals surface area contributed by atoms with E-state index in [4.69, 9.17) is 0 Å². The van der Waals surface area contributed by atoms with Crippen LogP contribution in [0.4, 0.5) is 0 Å². The molecule has 0 spiro atoms. The Morgan fingerprint density at radius 1 is 1.55 bits per heavy atom. The SMILES string of the molecule is CC1CCP(=O)(N(C)C)N1C. The summed E-state index contributed by atoms with van der Waals surface area (Å²) < 4.78 is 16.0. The lowest BCUT2D eigenvalue weighted by Crippen LogP contribution is -2.24. The van der Waals surface area contributed by atoms with Crippen LogP contribution in [0.5, 0.6) is 0 Å². The van der Waals surface area contributed by atoms with Crippen molar-refractivity contribution in [1.82, 2.24) is 9.34 Å². The molecule has 11 heavy (non-hydrogen) atoms. The van der Waals surface area contributed by atoms with Crippen LogP contribution in [-0.2, 0) is 4.57 Å². The highest BCUT2D eigenvalue weighted by Crippen LogP contribution is 2.56. The first-order valence-corrected chi connectivity index (χ1v) is 5.78. The van der Waals surface area contributed by atoms with E-state index in [2.05, 4.69) is 6.92 Å². The van der Waals surface area contributed by atoms with Gasteiger partial charge in [0.25, 0.3) is 0 Å². The van der Waals surface area contributed by atoms with Gasteiger partial charge in [-0.05, 0) is 34.5 Å². The van der Waals surface area contributed by atoms with Gasteiger partial charge < -0.3 is 0 Å². The van der Waals surface area contributed by atoms with Crippen LogP contribution in [0.25, 0.3) is 0 Å². The van der Waals surface area contributed by atoms with Gasteiger partial charge in [0.1, 0.15) is 0 Å². The molecule has 1 fully saturated rings. The van der Waals surface area contributed by atoms with Crippen LogP contribution in [-0.4, -0.2) is 42.7 Å². The molecule has 3 nitrogen and oxygen atoms in total. The molecule has 2 atom stereocenters. The zero-order valence-electron chi connectivity index (χ0n) is 7.74. The average molecular weight is 176 g/mol. The topological polar surface area (TPSA) is 23.6 Å². The minimum Gasteiger partial charge on any atom is -0.289 e. The summed E-state index contributed by atoms with van der Waals surface area (Å²) in [4.78, 5) is 0. The fourth-order valence-electron chi connectivity index (χ4n) is 1.49. The second-order valence-electron chi connectivity index (χ2n) is 3.45. The molecule has 1 rings (SSSR count). The first kappa shape index (κ1) is 9.24. The van der Waals surface area contributed by atoms with Crippen LogP contribution in [0.15, 0.2) is 0 Å². The van der Waals surface area contributed by atoms with E-state index < -0.39 is 7.44 Å². The van der Waals surface area contributed by atoms with Crippen LogP contribution in [0.3, 0.4) is 0 Å². The van der Waals surface area contributed by atoms with E-state index in [0.717, 1.165) is 12.6 Å². The predicted molar refractivity (Wildman–Crippen MR) is 48.0 cm³/mol. The minimum absolute atomic E-state index is 0.475. The molecule has 2 unspecified atom stereocenters. The maximum Gasteiger partial charge on any atom is 0.216 e. The third-order valence-electron chi connectivity index (χ3n) is 2.59. The van der Waals surface area contributed by atoms with Crippen molar-refractivity contribution in [3.63, 3.8) is 0 Å². The molecule has 0 bridgehead atoms. The molecule has 1 saturated heterocycles. The minimum atomic E-state index is -2.12. The third-order valence-corrected chi connectivity index (χ3v) is 6.06. The molecular formula is C7H17N2OP. The largest absolute Gasteiger partial charge is 0.289 e. The average Bonchev–Trinajstić information content (AvgIpc) is 2.18. The lowest BCUT2D eigenvalue weighted by molar-refractivity contribution is 0.389. The van der Waals surface area contributed by atoms with Gasteiger partial charge >= 0.3 is 0 Å². The fraction of sp³-hybridized carbons (Fsp3) is 1.00. The van der Waals surface area contributed by atoms with E-state index in [1.165, 1.54) is 0 Å². The maximum atomic E-state index is 12.1. The van der Waals surface area contributed by atoms with E-state index in [0.29, 0.717) is 6.04 Å². The molecule has 0 aromatic carbocycles. The molecular weight excluding hydrogens is 159 g/mol. The monoisotopic (exact) mass is 176 g/mol. The Morgan fingerprint density at radius 3 is 2.27 bits per heavy atom. The second kappa shape index (κ2) is 2.89. The molecule has 4 heteroatoms. The van der Waals surface area contributed by atoms with Gasteiger partial charge in [0.05, 0.1) is 0 Å². The van der Waals surface area contributed by atoms with Crippen LogP contribution in [0, 0.1) is 0 Å². The Bertz CT molecular complexity index is 193. The molecule has 0 aromatic rings. The van der Waals surface area contributed by atoms with E-state index in [9.17, 15) is 4.57 Å². The summed E-state index contributed by atoms with van der Waals surface area (Å²) in [5, 5.41) is 0. The highest BCUT2D eigenvalue weighted by atomic mass is 31.2. The predicted octanol–water partition coefficient (Wildman–Crippen LogP) is 1.47. The molecule has 1 aliphatic rings. The fourth-order valence-corrected chi connectivity index (χ4v) is 4.21. The van der Waals surface area contributed by atoms with Crippen molar-refractivity contribution in [3.8, 4) is 0 Å². The Kier molecular flexibility index (Phi) is 2.43. The Morgan fingerprint density at radius 2 is 2.09 bits per heavy atom. The van der Waals surface area contributed by atoms with Crippen LogP contribution in [0.2, 0.25) is 0 Å². The molecule has 1 aliphatic heterocycles. The van der Waals surface area contributed by atoms with E-state index in [1.54, 1.807) is 0 Å². The second-order valence-corrected chi connectivity index (χ2v) is 6.65. The zero-order valence-corrected chi connectivity index (χ0v) is 8.64. The van der Waals surface area contributed by atoms with Crippen molar-refractivity contribution < 1.29 is 4.57 Å². The summed E-state index contributed by atoms with van der Waals surface area (Å²) in [7, 11) is 3.63. The molecule has 0 aromatic heterocycles. The molecule has 0 amide bonds. The summed E-state index contributed by atoms with van der Waals surface area (Å²) >= 11 is 0. The third kappa shape index (κ3) is 1.37. The summed E-state index contributed by atoms with van der Waals surface area (Å²) in [5.74, 6) is 0. The van der Waals surface area contributed by atoms with Gasteiger partial charge in [0.15, 0.2) is 0 Å². The molecule has 0 N–H and O–H groups in total. The smallest absolute Gasteiger partial charge is 0.216 e. The maximum absolute atomic E-state index is 12.1. The normalized spacial score (nSPS) is 40.3. The molecule has 0 saturated carbocycles. The Labute approximate surface area is 68.8 Å². The molecule has 1 heterocycles. The van der Waals surface area contributed by atoms with Gasteiger partial charge in [-0.25, -0.2) is 9.34 Å². The van der Waals surface area contributed by atoms with Gasteiger partial charge in [-0.1, -0.05) is 0 Å². The highest BCUT2D eigenvalue weighted by molar-refractivity contribution is 7.59. The van der Waals surface area contributed by atoms with Crippen LogP contribution < -0.4 is 0 Å². The van der Waals surface area contributed by atoms with Crippen LogP contribution >= 0.6 is 7.44 Å². The van der Waals surface area contributed by atoms with Crippen molar-refractivity contribution in [3.05, 3.63) is 0 Å². The Hall–Kier alpha value is 0.150. The molecule has 66 valence electrons. The van der Waals surface area contributed by atoms with Crippen LogP contribution in [0.1, 0.15) is 13.3 Å². The van der Waals surface area contributed by atoms with Gasteiger partial charge in [-0.2, -0.15) is 0 Å². The van der Waals surface area contributed by atoms with Gasteiger partial charge in [0, 0.05) is 12.2 Å². The summed E-state index contributed by atoms with van der Waals surface area (Å²) in [6.07, 6.45) is 1.91. The highest BCUT2D eigenvalue weighted by Gasteiger charge is 2.39. The van der Waals surface area contributed by atoms with Gasteiger partial charge in [0.2, 0.25) is 7.44 Å². The standard InChI is InChI=1S/C7H17N2OP/c1-7-5-6-11(10,8(2)3)9(7)4/h7H,5-6H2,1-4H3. The number of hydrogen-bond donors (Lipinski definition) is 0. The van der Waals surface area contributed by atoms with Gasteiger partial charge in [-0.15, -0.1) is 0 Å². The summed E-state index contributed by atoms with van der Waals surface area (Å²) in [6, 6.07) is 0.475.